The first-order valence-corrected chi connectivity index (χ1v) is 6.11. The molecular formula is C10H11N5OS. The monoisotopic (exact) mass is 249 g/mol. The zero-order valence-corrected chi connectivity index (χ0v) is 9.85. The third-order valence-electron chi connectivity index (χ3n) is 2.45. The van der Waals surface area contributed by atoms with E-state index in [2.05, 4.69) is 15.3 Å². The van der Waals surface area contributed by atoms with Gasteiger partial charge in [0.25, 0.3) is 0 Å². The molecule has 0 saturated heterocycles. The molecule has 7 heteroatoms. The van der Waals surface area contributed by atoms with Crippen molar-refractivity contribution in [2.75, 3.05) is 0 Å². The molecule has 3 aromatic rings. The summed E-state index contributed by atoms with van der Waals surface area (Å²) in [4.78, 5) is 0.792. The number of aromatic nitrogens is 4. The van der Waals surface area contributed by atoms with E-state index in [1.54, 1.807) is 10.8 Å². The minimum absolute atomic E-state index is 0.436. The smallest absolute Gasteiger partial charge is 0.234 e. The second kappa shape index (κ2) is 4.27. The summed E-state index contributed by atoms with van der Waals surface area (Å²) in [6.07, 6.45) is 3.22. The van der Waals surface area contributed by atoms with Crippen molar-refractivity contribution in [3.8, 4) is 0 Å². The molecule has 0 bridgehead atoms. The molecule has 0 aliphatic rings. The standard InChI is InChI=1S/C10H11N5OS/c11-6-9-14-15-8(12-13-10(15)17-9)4-3-7-2-1-5-16-7/h1-2,5H,3-4,6,11H2. The van der Waals surface area contributed by atoms with Gasteiger partial charge in [0.05, 0.1) is 6.26 Å². The fourth-order valence-corrected chi connectivity index (χ4v) is 2.36. The maximum absolute atomic E-state index is 5.55. The Bertz CT molecular complexity index is 612. The number of nitrogens with zero attached hydrogens (tertiary/aromatic N) is 4. The first kappa shape index (κ1) is 10.4. The summed E-state index contributed by atoms with van der Waals surface area (Å²) in [6, 6.07) is 3.83. The van der Waals surface area contributed by atoms with E-state index >= 15 is 0 Å². The quantitative estimate of drug-likeness (QED) is 0.746. The summed E-state index contributed by atoms with van der Waals surface area (Å²) in [5.41, 5.74) is 5.55. The van der Waals surface area contributed by atoms with Crippen LogP contribution >= 0.6 is 11.3 Å². The van der Waals surface area contributed by atoms with Gasteiger partial charge in [-0.2, -0.15) is 9.61 Å². The van der Waals surface area contributed by atoms with Gasteiger partial charge in [-0.15, -0.1) is 10.2 Å². The van der Waals surface area contributed by atoms with E-state index < -0.39 is 0 Å². The average molecular weight is 249 g/mol. The van der Waals surface area contributed by atoms with Crippen molar-refractivity contribution in [3.05, 3.63) is 35.0 Å². The van der Waals surface area contributed by atoms with Gasteiger partial charge in [0.2, 0.25) is 4.96 Å². The topological polar surface area (TPSA) is 82.2 Å². The number of hydrogen-bond donors (Lipinski definition) is 1. The summed E-state index contributed by atoms with van der Waals surface area (Å²) in [5, 5.41) is 13.4. The van der Waals surface area contributed by atoms with E-state index in [-0.39, 0.29) is 0 Å². The average Bonchev–Trinajstić information content (AvgIpc) is 3.03. The van der Waals surface area contributed by atoms with Crippen molar-refractivity contribution in [2.24, 2.45) is 5.73 Å². The van der Waals surface area contributed by atoms with Crippen molar-refractivity contribution in [3.63, 3.8) is 0 Å². The van der Waals surface area contributed by atoms with Crippen LogP contribution in [0, 0.1) is 0 Å². The first-order valence-electron chi connectivity index (χ1n) is 5.29. The highest BCUT2D eigenvalue weighted by Gasteiger charge is 2.11. The molecule has 0 saturated carbocycles. The van der Waals surface area contributed by atoms with Gasteiger partial charge >= 0.3 is 0 Å². The number of fused-ring (bicyclic) bond motifs is 1. The van der Waals surface area contributed by atoms with Gasteiger partial charge in [-0.3, -0.25) is 0 Å². The van der Waals surface area contributed by atoms with Crippen LogP contribution < -0.4 is 5.73 Å². The molecule has 6 nitrogen and oxygen atoms in total. The van der Waals surface area contributed by atoms with E-state index in [9.17, 15) is 0 Å². The zero-order valence-electron chi connectivity index (χ0n) is 9.04. The molecule has 0 aliphatic heterocycles. The van der Waals surface area contributed by atoms with E-state index in [4.69, 9.17) is 10.2 Å². The summed E-state index contributed by atoms with van der Waals surface area (Å²) in [6.45, 7) is 0.436. The lowest BCUT2D eigenvalue weighted by molar-refractivity contribution is 0.505. The van der Waals surface area contributed by atoms with Gasteiger partial charge in [0.15, 0.2) is 5.82 Å². The maximum atomic E-state index is 5.55. The van der Waals surface area contributed by atoms with Crippen molar-refractivity contribution in [2.45, 2.75) is 19.4 Å². The minimum Gasteiger partial charge on any atom is -0.469 e. The third-order valence-corrected chi connectivity index (χ3v) is 3.37. The Morgan fingerprint density at radius 3 is 3.06 bits per heavy atom. The van der Waals surface area contributed by atoms with Crippen LogP contribution in [0.2, 0.25) is 0 Å². The fourth-order valence-electron chi connectivity index (χ4n) is 1.63. The molecule has 0 spiro atoms. The highest BCUT2D eigenvalue weighted by molar-refractivity contribution is 7.16. The molecule has 0 unspecified atom stereocenters. The Morgan fingerprint density at radius 2 is 2.29 bits per heavy atom. The van der Waals surface area contributed by atoms with E-state index in [1.165, 1.54) is 11.3 Å². The molecule has 0 fully saturated rings. The van der Waals surface area contributed by atoms with Gasteiger partial charge < -0.3 is 10.2 Å². The van der Waals surface area contributed by atoms with Crippen LogP contribution in [-0.2, 0) is 19.4 Å². The Balaban J connectivity index is 1.82. The summed E-state index contributed by atoms with van der Waals surface area (Å²) < 4.78 is 7.03. The second-order valence-corrected chi connectivity index (χ2v) is 4.63. The van der Waals surface area contributed by atoms with E-state index in [0.717, 1.165) is 34.4 Å². The van der Waals surface area contributed by atoms with Crippen LogP contribution in [-0.4, -0.2) is 19.8 Å². The van der Waals surface area contributed by atoms with Crippen molar-refractivity contribution < 1.29 is 4.42 Å². The van der Waals surface area contributed by atoms with Gasteiger partial charge in [0, 0.05) is 19.4 Å². The second-order valence-electron chi connectivity index (χ2n) is 3.59. The molecule has 17 heavy (non-hydrogen) atoms. The largest absolute Gasteiger partial charge is 0.469 e. The zero-order chi connectivity index (χ0) is 11.7. The number of rotatable bonds is 4. The predicted octanol–water partition coefficient (Wildman–Crippen LogP) is 1.02. The van der Waals surface area contributed by atoms with E-state index in [1.807, 2.05) is 12.1 Å². The Hall–Kier alpha value is -1.73. The van der Waals surface area contributed by atoms with Crippen LogP contribution in [0.15, 0.2) is 22.8 Å². The molecule has 3 heterocycles. The Labute approximate surface area is 101 Å². The summed E-state index contributed by atoms with van der Waals surface area (Å²) in [7, 11) is 0. The van der Waals surface area contributed by atoms with Gasteiger partial charge in [-0.1, -0.05) is 11.3 Å². The van der Waals surface area contributed by atoms with E-state index in [0.29, 0.717) is 6.54 Å². The molecule has 0 aromatic carbocycles. The molecule has 0 radical (unpaired) electrons. The van der Waals surface area contributed by atoms with Gasteiger partial charge in [-0.05, 0) is 12.1 Å². The lowest BCUT2D eigenvalue weighted by Gasteiger charge is -1.94. The number of aryl methyl sites for hydroxylation is 2. The van der Waals surface area contributed by atoms with Crippen molar-refractivity contribution in [1.82, 2.24) is 19.8 Å². The number of furan rings is 1. The number of nitrogens with two attached hydrogens (primary N) is 1. The summed E-state index contributed by atoms with van der Waals surface area (Å²) >= 11 is 1.47. The molecule has 88 valence electrons. The maximum Gasteiger partial charge on any atom is 0.234 e. The van der Waals surface area contributed by atoms with Crippen molar-refractivity contribution >= 4 is 16.3 Å². The molecule has 2 N–H and O–H groups in total. The summed E-state index contributed by atoms with van der Waals surface area (Å²) in [5.74, 6) is 1.78. The van der Waals surface area contributed by atoms with Gasteiger partial charge in [0.1, 0.15) is 10.8 Å². The fraction of sp³-hybridized carbons (Fsp3) is 0.300. The molecule has 0 amide bonds. The minimum atomic E-state index is 0.436. The highest BCUT2D eigenvalue weighted by Crippen LogP contribution is 2.14. The SMILES string of the molecule is NCc1nn2c(CCc3ccco3)nnc2s1. The van der Waals surface area contributed by atoms with Crippen LogP contribution in [0.5, 0.6) is 0 Å². The highest BCUT2D eigenvalue weighted by atomic mass is 32.1. The third kappa shape index (κ3) is 1.94. The van der Waals surface area contributed by atoms with Crippen LogP contribution in [0.25, 0.3) is 4.96 Å². The molecule has 0 aliphatic carbocycles. The Morgan fingerprint density at radius 1 is 1.35 bits per heavy atom. The van der Waals surface area contributed by atoms with Crippen LogP contribution in [0.3, 0.4) is 0 Å². The predicted molar refractivity (Wildman–Crippen MR) is 62.7 cm³/mol. The lowest BCUT2D eigenvalue weighted by Crippen LogP contribution is -2.01. The molecule has 0 atom stereocenters. The van der Waals surface area contributed by atoms with Crippen LogP contribution in [0.4, 0.5) is 0 Å². The van der Waals surface area contributed by atoms with Crippen LogP contribution in [0.1, 0.15) is 16.6 Å². The normalized spacial score (nSPS) is 11.4. The number of hydrogen-bond acceptors (Lipinski definition) is 6. The molecule has 3 rings (SSSR count). The lowest BCUT2D eigenvalue weighted by atomic mass is 10.2. The van der Waals surface area contributed by atoms with Crippen molar-refractivity contribution in [1.29, 1.82) is 0 Å². The van der Waals surface area contributed by atoms with Gasteiger partial charge in [-0.25, -0.2) is 0 Å². The Kier molecular flexibility index (Phi) is 2.62. The molecular weight excluding hydrogens is 238 g/mol. The molecule has 3 aromatic heterocycles. The first-order chi connectivity index (χ1) is 8.36.